The molecule has 7 nitrogen and oxygen atoms in total. The van der Waals surface area contributed by atoms with Gasteiger partial charge in [0.2, 0.25) is 0 Å². The summed E-state index contributed by atoms with van der Waals surface area (Å²) in [7, 11) is 6.28. The van der Waals surface area contributed by atoms with Crippen LogP contribution in [0, 0.1) is 5.92 Å². The van der Waals surface area contributed by atoms with E-state index in [4.69, 9.17) is 23.7 Å². The fraction of sp³-hybridized carbons (Fsp3) is 0.455. The van der Waals surface area contributed by atoms with Crippen molar-refractivity contribution in [2.45, 2.75) is 18.1 Å². The van der Waals surface area contributed by atoms with Crippen LogP contribution < -0.4 is 18.9 Å². The van der Waals surface area contributed by atoms with Gasteiger partial charge in [-0.15, -0.1) is 0 Å². The molecule has 1 aliphatic rings. The smallest absolute Gasteiger partial charge is 0.161 e. The van der Waals surface area contributed by atoms with Crippen LogP contribution >= 0.6 is 0 Å². The lowest BCUT2D eigenvalue weighted by Gasteiger charge is -2.29. The van der Waals surface area contributed by atoms with Gasteiger partial charge in [0.1, 0.15) is 0 Å². The molecule has 0 spiro atoms. The second-order valence-electron chi connectivity index (χ2n) is 7.10. The monoisotopic (exact) mass is 404 g/mol. The number of benzene rings is 2. The highest BCUT2D eigenvalue weighted by Crippen LogP contribution is 2.44. The number of methoxy groups -OCH3 is 4. The third kappa shape index (κ3) is 4.12. The van der Waals surface area contributed by atoms with Crippen LogP contribution in [0.3, 0.4) is 0 Å². The zero-order valence-corrected chi connectivity index (χ0v) is 17.2. The standard InChI is InChI=1S/C22H28O7/c1-25-17-7-5-14(9-19(17)27-3)11-22(24)13-29-21(16(22)12-23)15-6-8-18(26-2)20(10-15)28-4/h5-10,16,21,23-24H,11-13H2,1-4H3. The molecule has 1 aliphatic heterocycles. The van der Waals surface area contributed by atoms with Gasteiger partial charge < -0.3 is 33.9 Å². The van der Waals surface area contributed by atoms with E-state index in [1.165, 1.54) is 0 Å². The Morgan fingerprint density at radius 1 is 0.897 bits per heavy atom. The fourth-order valence-electron chi connectivity index (χ4n) is 3.89. The van der Waals surface area contributed by atoms with E-state index in [1.807, 2.05) is 24.3 Å². The number of aliphatic hydroxyl groups is 2. The molecule has 1 saturated heterocycles. The maximum Gasteiger partial charge on any atom is 0.161 e. The molecular weight excluding hydrogens is 376 g/mol. The second-order valence-corrected chi connectivity index (χ2v) is 7.10. The van der Waals surface area contributed by atoms with Gasteiger partial charge >= 0.3 is 0 Å². The van der Waals surface area contributed by atoms with E-state index in [2.05, 4.69) is 0 Å². The van der Waals surface area contributed by atoms with Crippen molar-refractivity contribution < 1.29 is 33.9 Å². The summed E-state index contributed by atoms with van der Waals surface area (Å²) < 4.78 is 27.2. The molecule has 3 unspecified atom stereocenters. The highest BCUT2D eigenvalue weighted by atomic mass is 16.5. The lowest BCUT2D eigenvalue weighted by Crippen LogP contribution is -2.41. The van der Waals surface area contributed by atoms with E-state index in [0.29, 0.717) is 29.4 Å². The van der Waals surface area contributed by atoms with Crippen LogP contribution in [-0.2, 0) is 11.2 Å². The fourth-order valence-corrected chi connectivity index (χ4v) is 3.89. The predicted molar refractivity (Wildman–Crippen MR) is 107 cm³/mol. The molecule has 2 aromatic carbocycles. The van der Waals surface area contributed by atoms with Crippen LogP contribution in [0.4, 0.5) is 0 Å². The van der Waals surface area contributed by atoms with E-state index in [9.17, 15) is 10.2 Å². The Balaban J connectivity index is 1.86. The Morgan fingerprint density at radius 2 is 1.48 bits per heavy atom. The first-order valence-electron chi connectivity index (χ1n) is 9.37. The van der Waals surface area contributed by atoms with Gasteiger partial charge in [0.15, 0.2) is 23.0 Å². The van der Waals surface area contributed by atoms with Crippen LogP contribution in [0.1, 0.15) is 17.2 Å². The minimum Gasteiger partial charge on any atom is -0.493 e. The summed E-state index contributed by atoms with van der Waals surface area (Å²) in [4.78, 5) is 0. The van der Waals surface area contributed by atoms with Crippen molar-refractivity contribution in [2.75, 3.05) is 41.7 Å². The molecular formula is C22H28O7. The van der Waals surface area contributed by atoms with E-state index < -0.39 is 17.6 Å². The van der Waals surface area contributed by atoms with Gasteiger partial charge in [0, 0.05) is 12.3 Å². The molecule has 0 radical (unpaired) electrons. The number of ether oxygens (including phenoxy) is 5. The maximum atomic E-state index is 11.3. The summed E-state index contributed by atoms with van der Waals surface area (Å²) >= 11 is 0. The van der Waals surface area contributed by atoms with Crippen LogP contribution in [-0.4, -0.2) is 57.5 Å². The highest BCUT2D eigenvalue weighted by molar-refractivity contribution is 5.45. The van der Waals surface area contributed by atoms with E-state index in [0.717, 1.165) is 11.1 Å². The van der Waals surface area contributed by atoms with Gasteiger partial charge in [0.05, 0.1) is 53.4 Å². The minimum absolute atomic E-state index is 0.103. The molecule has 2 aromatic rings. The molecule has 0 aromatic heterocycles. The lowest BCUT2D eigenvalue weighted by atomic mass is 9.80. The molecule has 0 amide bonds. The molecule has 7 heteroatoms. The summed E-state index contributed by atoms with van der Waals surface area (Å²) in [5.74, 6) is 1.88. The summed E-state index contributed by atoms with van der Waals surface area (Å²) in [6.07, 6.45) is -0.160. The van der Waals surface area contributed by atoms with Crippen LogP contribution in [0.5, 0.6) is 23.0 Å². The first-order valence-corrected chi connectivity index (χ1v) is 9.37. The predicted octanol–water partition coefficient (Wildman–Crippen LogP) is 2.37. The molecule has 1 heterocycles. The van der Waals surface area contributed by atoms with Gasteiger partial charge in [-0.05, 0) is 35.4 Å². The normalized spacial score (nSPS) is 23.7. The molecule has 158 valence electrons. The molecule has 0 bridgehead atoms. The molecule has 0 saturated carbocycles. The van der Waals surface area contributed by atoms with Crippen molar-refractivity contribution in [1.29, 1.82) is 0 Å². The van der Waals surface area contributed by atoms with Gasteiger partial charge in [-0.1, -0.05) is 12.1 Å². The van der Waals surface area contributed by atoms with Crippen molar-refractivity contribution in [3.8, 4) is 23.0 Å². The molecule has 1 fully saturated rings. The Morgan fingerprint density at radius 3 is 2.07 bits per heavy atom. The Kier molecular flexibility index (Phi) is 6.52. The van der Waals surface area contributed by atoms with E-state index in [-0.39, 0.29) is 13.2 Å². The van der Waals surface area contributed by atoms with E-state index >= 15 is 0 Å². The maximum absolute atomic E-state index is 11.3. The minimum atomic E-state index is -1.23. The zero-order chi connectivity index (χ0) is 21.0. The molecule has 29 heavy (non-hydrogen) atoms. The third-order valence-corrected chi connectivity index (χ3v) is 5.46. The van der Waals surface area contributed by atoms with Crippen molar-refractivity contribution in [3.63, 3.8) is 0 Å². The number of rotatable bonds is 8. The van der Waals surface area contributed by atoms with Gasteiger partial charge in [-0.2, -0.15) is 0 Å². The third-order valence-electron chi connectivity index (χ3n) is 5.46. The van der Waals surface area contributed by atoms with E-state index in [1.54, 1.807) is 40.6 Å². The Hall–Kier alpha value is -2.48. The molecule has 3 rings (SSSR count). The molecule has 0 aliphatic carbocycles. The van der Waals surface area contributed by atoms with Gasteiger partial charge in [0.25, 0.3) is 0 Å². The Bertz CT molecular complexity index is 838. The number of hydrogen-bond donors (Lipinski definition) is 2. The van der Waals surface area contributed by atoms with Gasteiger partial charge in [-0.25, -0.2) is 0 Å². The quantitative estimate of drug-likeness (QED) is 0.699. The SMILES string of the molecule is COc1ccc(CC2(O)COC(c3ccc(OC)c(OC)c3)C2CO)cc1OC. The first-order chi connectivity index (χ1) is 14.0. The summed E-state index contributed by atoms with van der Waals surface area (Å²) in [5, 5.41) is 21.4. The zero-order valence-electron chi connectivity index (χ0n) is 17.2. The largest absolute Gasteiger partial charge is 0.493 e. The van der Waals surface area contributed by atoms with Crippen LogP contribution in [0.15, 0.2) is 36.4 Å². The molecule has 3 atom stereocenters. The second kappa shape index (κ2) is 8.90. The highest BCUT2D eigenvalue weighted by Gasteiger charge is 2.49. The van der Waals surface area contributed by atoms with Gasteiger partial charge in [-0.3, -0.25) is 0 Å². The number of aliphatic hydroxyl groups excluding tert-OH is 1. The van der Waals surface area contributed by atoms with Crippen LogP contribution in [0.2, 0.25) is 0 Å². The summed E-state index contributed by atoms with van der Waals surface area (Å²) in [5.41, 5.74) is 0.441. The van der Waals surface area contributed by atoms with Crippen molar-refractivity contribution in [1.82, 2.24) is 0 Å². The van der Waals surface area contributed by atoms with Crippen molar-refractivity contribution in [3.05, 3.63) is 47.5 Å². The average Bonchev–Trinajstić information content (AvgIpc) is 3.08. The topological polar surface area (TPSA) is 86.6 Å². The number of hydrogen-bond acceptors (Lipinski definition) is 7. The molecule has 2 N–H and O–H groups in total. The Labute approximate surface area is 170 Å². The van der Waals surface area contributed by atoms with Crippen molar-refractivity contribution >= 4 is 0 Å². The first kappa shape index (κ1) is 21.2. The summed E-state index contributed by atoms with van der Waals surface area (Å²) in [6, 6.07) is 11.0. The average molecular weight is 404 g/mol. The lowest BCUT2D eigenvalue weighted by molar-refractivity contribution is -0.0150. The summed E-state index contributed by atoms with van der Waals surface area (Å²) in [6.45, 7) is -0.117. The van der Waals surface area contributed by atoms with Crippen LogP contribution in [0.25, 0.3) is 0 Å². The van der Waals surface area contributed by atoms with Crippen molar-refractivity contribution in [2.24, 2.45) is 5.92 Å².